The van der Waals surface area contributed by atoms with Gasteiger partial charge in [0, 0.05) is 26.2 Å². The van der Waals surface area contributed by atoms with Crippen molar-refractivity contribution in [3.63, 3.8) is 0 Å². The summed E-state index contributed by atoms with van der Waals surface area (Å²) in [7, 11) is 0. The maximum Gasteiger partial charge on any atom is 0.0594 e. The molecule has 0 aromatic rings. The van der Waals surface area contributed by atoms with Crippen LogP contribution in [-0.4, -0.2) is 51.0 Å². The van der Waals surface area contributed by atoms with Crippen molar-refractivity contribution in [3.05, 3.63) is 0 Å². The summed E-state index contributed by atoms with van der Waals surface area (Å²) in [5.74, 6) is 0. The van der Waals surface area contributed by atoms with Crippen LogP contribution in [0.1, 0.15) is 6.92 Å². The molecule has 1 heterocycles. The van der Waals surface area contributed by atoms with Crippen LogP contribution >= 0.6 is 0 Å². The highest BCUT2D eigenvalue weighted by Crippen LogP contribution is 1.95. The molecule has 0 radical (unpaired) electrons. The first kappa shape index (κ1) is 8.97. The molecule has 0 bridgehead atoms. The lowest BCUT2D eigenvalue weighted by Gasteiger charge is -2.26. The van der Waals surface area contributed by atoms with Gasteiger partial charge < -0.3 is 9.47 Å². The Morgan fingerprint density at radius 2 is 2.09 bits per heavy atom. The largest absolute Gasteiger partial charge is 0.380 e. The molecule has 0 amide bonds. The lowest BCUT2D eigenvalue weighted by Crippen LogP contribution is -2.38. The number of ether oxygens (including phenoxy) is 2. The van der Waals surface area contributed by atoms with E-state index in [0.29, 0.717) is 0 Å². The van der Waals surface area contributed by atoms with E-state index in [-0.39, 0.29) is 0 Å². The number of hydrogen-bond acceptors (Lipinski definition) is 3. The minimum atomic E-state index is 0.824. The van der Waals surface area contributed by atoms with Gasteiger partial charge in [-0.05, 0) is 6.92 Å². The van der Waals surface area contributed by atoms with E-state index in [1.807, 2.05) is 6.92 Å². The van der Waals surface area contributed by atoms with Crippen molar-refractivity contribution >= 4 is 0 Å². The van der Waals surface area contributed by atoms with Crippen molar-refractivity contribution in [3.8, 4) is 0 Å². The molecule has 3 nitrogen and oxygen atoms in total. The van der Waals surface area contributed by atoms with Crippen molar-refractivity contribution < 1.29 is 9.47 Å². The Hall–Kier alpha value is -0.120. The minimum absolute atomic E-state index is 0.824. The fourth-order valence-electron chi connectivity index (χ4n) is 1.16. The first-order valence-corrected chi connectivity index (χ1v) is 4.31. The third kappa shape index (κ3) is 3.70. The van der Waals surface area contributed by atoms with E-state index in [0.717, 1.165) is 46.1 Å². The molecule has 0 unspecified atom stereocenters. The average Bonchev–Trinajstić information content (AvgIpc) is 2.07. The molecule has 1 rings (SSSR count). The molecule has 0 aromatic heterocycles. The van der Waals surface area contributed by atoms with E-state index in [4.69, 9.17) is 9.47 Å². The highest BCUT2D eigenvalue weighted by molar-refractivity contribution is 4.60. The van der Waals surface area contributed by atoms with Gasteiger partial charge in [0.1, 0.15) is 0 Å². The molecule has 0 N–H and O–H groups in total. The molecule has 1 aliphatic rings. The van der Waals surface area contributed by atoms with Gasteiger partial charge in [0.25, 0.3) is 0 Å². The first-order valence-electron chi connectivity index (χ1n) is 4.31. The van der Waals surface area contributed by atoms with Crippen molar-refractivity contribution in [1.29, 1.82) is 0 Å². The molecule has 0 spiro atoms. The predicted molar refractivity (Wildman–Crippen MR) is 43.8 cm³/mol. The van der Waals surface area contributed by atoms with Gasteiger partial charge in [-0.1, -0.05) is 0 Å². The van der Waals surface area contributed by atoms with Gasteiger partial charge in [-0.15, -0.1) is 0 Å². The fourth-order valence-corrected chi connectivity index (χ4v) is 1.16. The van der Waals surface area contributed by atoms with Crippen molar-refractivity contribution in [2.75, 3.05) is 46.1 Å². The molecular weight excluding hydrogens is 142 g/mol. The second-order valence-electron chi connectivity index (χ2n) is 2.65. The maximum atomic E-state index is 5.25. The normalized spacial score (nSPS) is 20.5. The SMILES string of the molecule is CCOCCN1CCOCC1. The van der Waals surface area contributed by atoms with Gasteiger partial charge in [0.05, 0.1) is 19.8 Å². The summed E-state index contributed by atoms with van der Waals surface area (Å²) >= 11 is 0. The third-order valence-electron chi connectivity index (χ3n) is 1.86. The molecule has 0 saturated carbocycles. The average molecular weight is 159 g/mol. The van der Waals surface area contributed by atoms with Crippen molar-refractivity contribution in [2.24, 2.45) is 0 Å². The van der Waals surface area contributed by atoms with Gasteiger partial charge in [-0.2, -0.15) is 0 Å². The van der Waals surface area contributed by atoms with Gasteiger partial charge >= 0.3 is 0 Å². The summed E-state index contributed by atoms with van der Waals surface area (Å²) in [4.78, 5) is 2.37. The zero-order valence-electron chi connectivity index (χ0n) is 7.21. The summed E-state index contributed by atoms with van der Waals surface area (Å²) < 4.78 is 10.5. The molecule has 66 valence electrons. The van der Waals surface area contributed by atoms with Crippen LogP contribution in [0.5, 0.6) is 0 Å². The van der Waals surface area contributed by atoms with E-state index in [1.54, 1.807) is 0 Å². The Morgan fingerprint density at radius 3 is 2.73 bits per heavy atom. The monoisotopic (exact) mass is 159 g/mol. The molecule has 1 aliphatic heterocycles. The molecule has 3 heteroatoms. The molecule has 1 saturated heterocycles. The second kappa shape index (κ2) is 5.52. The third-order valence-corrected chi connectivity index (χ3v) is 1.86. The van der Waals surface area contributed by atoms with Crippen LogP contribution in [0, 0.1) is 0 Å². The topological polar surface area (TPSA) is 21.7 Å². The Balaban J connectivity index is 1.96. The van der Waals surface area contributed by atoms with Crippen LogP contribution in [0.4, 0.5) is 0 Å². The molecule has 0 atom stereocenters. The van der Waals surface area contributed by atoms with Crippen LogP contribution in [0.15, 0.2) is 0 Å². The van der Waals surface area contributed by atoms with Gasteiger partial charge in [0.2, 0.25) is 0 Å². The summed E-state index contributed by atoms with van der Waals surface area (Å²) in [6.45, 7) is 8.65. The first-order chi connectivity index (χ1) is 5.43. The van der Waals surface area contributed by atoms with Gasteiger partial charge in [0.15, 0.2) is 0 Å². The lowest BCUT2D eigenvalue weighted by molar-refractivity contribution is 0.0219. The van der Waals surface area contributed by atoms with Crippen LogP contribution in [-0.2, 0) is 9.47 Å². The van der Waals surface area contributed by atoms with Crippen molar-refractivity contribution in [2.45, 2.75) is 6.92 Å². The molecule has 0 aliphatic carbocycles. The lowest BCUT2D eigenvalue weighted by atomic mass is 10.4. The number of morpholine rings is 1. The van der Waals surface area contributed by atoms with Crippen LogP contribution in [0.2, 0.25) is 0 Å². The van der Waals surface area contributed by atoms with E-state index in [1.165, 1.54) is 0 Å². The maximum absolute atomic E-state index is 5.25. The van der Waals surface area contributed by atoms with E-state index in [2.05, 4.69) is 4.90 Å². The smallest absolute Gasteiger partial charge is 0.0594 e. The summed E-state index contributed by atoms with van der Waals surface area (Å²) in [5, 5.41) is 0. The molecule has 0 aromatic carbocycles. The summed E-state index contributed by atoms with van der Waals surface area (Å²) in [6.07, 6.45) is 0. The quantitative estimate of drug-likeness (QED) is 0.553. The van der Waals surface area contributed by atoms with Crippen molar-refractivity contribution in [1.82, 2.24) is 4.90 Å². The van der Waals surface area contributed by atoms with E-state index < -0.39 is 0 Å². The standard InChI is InChI=1S/C8H17NO2/c1-2-10-6-3-9-4-7-11-8-5-9/h2-8H2,1H3. The molecular formula is C8H17NO2. The van der Waals surface area contributed by atoms with Crippen LogP contribution in [0.3, 0.4) is 0 Å². The zero-order valence-corrected chi connectivity index (χ0v) is 7.21. The fraction of sp³-hybridized carbons (Fsp3) is 1.00. The van der Waals surface area contributed by atoms with Gasteiger partial charge in [-0.3, -0.25) is 4.90 Å². The Morgan fingerprint density at radius 1 is 1.36 bits per heavy atom. The number of rotatable bonds is 4. The van der Waals surface area contributed by atoms with E-state index in [9.17, 15) is 0 Å². The molecule has 1 fully saturated rings. The second-order valence-corrected chi connectivity index (χ2v) is 2.65. The van der Waals surface area contributed by atoms with E-state index >= 15 is 0 Å². The predicted octanol–water partition coefficient (Wildman–Crippen LogP) is 0.355. The summed E-state index contributed by atoms with van der Waals surface area (Å²) in [6, 6.07) is 0. The number of hydrogen-bond donors (Lipinski definition) is 0. The number of nitrogens with zero attached hydrogens (tertiary/aromatic N) is 1. The van der Waals surface area contributed by atoms with Crippen LogP contribution < -0.4 is 0 Å². The van der Waals surface area contributed by atoms with Gasteiger partial charge in [-0.25, -0.2) is 0 Å². The Bertz CT molecular complexity index is 92.1. The molecule has 11 heavy (non-hydrogen) atoms. The summed E-state index contributed by atoms with van der Waals surface area (Å²) in [5.41, 5.74) is 0. The zero-order chi connectivity index (χ0) is 7.94. The highest BCUT2D eigenvalue weighted by atomic mass is 16.5. The van der Waals surface area contributed by atoms with Crippen LogP contribution in [0.25, 0.3) is 0 Å². The minimum Gasteiger partial charge on any atom is -0.380 e. The Kier molecular flexibility index (Phi) is 4.50. The Labute approximate surface area is 68.3 Å². The highest BCUT2D eigenvalue weighted by Gasteiger charge is 2.08.